The van der Waals surface area contributed by atoms with Crippen LogP contribution in [0.15, 0.2) is 48.5 Å². The summed E-state index contributed by atoms with van der Waals surface area (Å²) in [5, 5.41) is 11.7. The van der Waals surface area contributed by atoms with Gasteiger partial charge in [0.25, 0.3) is 0 Å². The van der Waals surface area contributed by atoms with Gasteiger partial charge in [-0.25, -0.2) is 9.59 Å². The molecule has 2 rings (SSSR count). The highest BCUT2D eigenvalue weighted by Crippen LogP contribution is 2.16. The molecule has 0 fully saturated rings. The summed E-state index contributed by atoms with van der Waals surface area (Å²) in [6.45, 7) is 5.90. The molecule has 0 aromatic heterocycles. The molecule has 0 heterocycles. The minimum atomic E-state index is -0.151. The molecule has 2 aromatic rings. The van der Waals surface area contributed by atoms with E-state index in [0.29, 0.717) is 13.1 Å². The minimum Gasteiger partial charge on any atom is -0.338 e. The summed E-state index contributed by atoms with van der Waals surface area (Å²) in [6, 6.07) is 15.6. The Kier molecular flexibility index (Phi) is 18.9. The lowest BCUT2D eigenvalue weighted by molar-refractivity contribution is 0.251. The summed E-state index contributed by atoms with van der Waals surface area (Å²) in [5.74, 6) is 0. The molecule has 0 atom stereocenters. The summed E-state index contributed by atoms with van der Waals surface area (Å²) in [5.41, 5.74) is 3.91. The Bertz CT molecular complexity index is 944. The lowest BCUT2D eigenvalue weighted by Gasteiger charge is -2.10. The van der Waals surface area contributed by atoms with Crippen LogP contribution >= 0.6 is 0 Å². The second-order valence-electron chi connectivity index (χ2n) is 11.3. The molecule has 0 aliphatic heterocycles. The van der Waals surface area contributed by atoms with Crippen molar-refractivity contribution in [2.24, 2.45) is 0 Å². The van der Waals surface area contributed by atoms with Crippen molar-refractivity contribution in [2.75, 3.05) is 23.7 Å². The fourth-order valence-electron chi connectivity index (χ4n) is 4.92. The maximum Gasteiger partial charge on any atom is 0.319 e. The second-order valence-corrected chi connectivity index (χ2v) is 11.3. The van der Waals surface area contributed by atoms with Crippen molar-refractivity contribution in [2.45, 2.75) is 123 Å². The molecule has 0 aliphatic rings. The predicted molar refractivity (Wildman–Crippen MR) is 175 cm³/mol. The molecule has 0 spiro atoms. The van der Waals surface area contributed by atoms with E-state index in [4.69, 9.17) is 0 Å². The molecule has 0 unspecified atom stereocenters. The Morgan fingerprint density at radius 1 is 0.463 bits per heavy atom. The van der Waals surface area contributed by atoms with Crippen LogP contribution in [0.3, 0.4) is 0 Å². The summed E-state index contributed by atoms with van der Waals surface area (Å²) in [6.07, 6.45) is 21.0. The molecule has 228 valence electrons. The third-order valence-electron chi connectivity index (χ3n) is 7.46. The number of amides is 4. The van der Waals surface area contributed by atoms with Crippen molar-refractivity contribution in [1.29, 1.82) is 0 Å². The van der Waals surface area contributed by atoms with Gasteiger partial charge in [0.2, 0.25) is 0 Å². The highest BCUT2D eigenvalue weighted by atomic mass is 16.2. The maximum atomic E-state index is 12.2. The van der Waals surface area contributed by atoms with Crippen LogP contribution in [0.1, 0.15) is 128 Å². The van der Waals surface area contributed by atoms with Gasteiger partial charge in [-0.2, -0.15) is 0 Å². The van der Waals surface area contributed by atoms with Gasteiger partial charge in [0, 0.05) is 24.5 Å². The fourth-order valence-corrected chi connectivity index (χ4v) is 4.92. The third-order valence-corrected chi connectivity index (χ3v) is 7.46. The van der Waals surface area contributed by atoms with Crippen LogP contribution in [0.5, 0.6) is 0 Å². The molecular weight excluding hydrogens is 508 g/mol. The first-order chi connectivity index (χ1) is 20.1. The number of urea groups is 2. The molecule has 0 saturated heterocycles. The van der Waals surface area contributed by atoms with Crippen molar-refractivity contribution in [3.05, 3.63) is 59.7 Å². The van der Waals surface area contributed by atoms with Crippen molar-refractivity contribution in [1.82, 2.24) is 10.6 Å². The smallest absolute Gasteiger partial charge is 0.319 e. The standard InChI is InChI=1S/C35H56N4O2/c1-3-5-7-9-11-12-13-14-16-18-28-37-35(41)39-33-25-21-31(22-26-33)29-30-19-23-32(24-20-30)38-34(40)36-27-17-15-10-8-6-4-2/h19-26H,3-18,27-29H2,1-2H3,(H2,36,38,40)(H2,37,39,41). The Hall–Kier alpha value is -3.02. The normalized spacial score (nSPS) is 10.8. The molecule has 6 nitrogen and oxygen atoms in total. The monoisotopic (exact) mass is 564 g/mol. The summed E-state index contributed by atoms with van der Waals surface area (Å²) in [7, 11) is 0. The number of nitrogens with one attached hydrogen (secondary N) is 4. The van der Waals surface area contributed by atoms with Gasteiger partial charge in [-0.3, -0.25) is 0 Å². The molecule has 0 radical (unpaired) electrons. The quantitative estimate of drug-likeness (QED) is 0.107. The second kappa shape index (κ2) is 22.6. The Morgan fingerprint density at radius 3 is 1.12 bits per heavy atom. The number of hydrogen-bond acceptors (Lipinski definition) is 2. The van der Waals surface area contributed by atoms with E-state index in [2.05, 4.69) is 35.1 Å². The lowest BCUT2D eigenvalue weighted by atomic mass is 10.0. The van der Waals surface area contributed by atoms with Gasteiger partial charge in [-0.15, -0.1) is 0 Å². The Morgan fingerprint density at radius 2 is 0.780 bits per heavy atom. The van der Waals surface area contributed by atoms with E-state index < -0.39 is 0 Å². The molecule has 0 aliphatic carbocycles. The maximum absolute atomic E-state index is 12.2. The van der Waals surface area contributed by atoms with Crippen LogP contribution < -0.4 is 21.3 Å². The van der Waals surface area contributed by atoms with Crippen molar-refractivity contribution >= 4 is 23.4 Å². The SMILES string of the molecule is CCCCCCCCCCCCNC(=O)Nc1ccc(Cc2ccc(NC(=O)NCCCCCCCC)cc2)cc1. The number of unbranched alkanes of at least 4 members (excludes halogenated alkanes) is 14. The van der Waals surface area contributed by atoms with Gasteiger partial charge < -0.3 is 21.3 Å². The molecule has 41 heavy (non-hydrogen) atoms. The van der Waals surface area contributed by atoms with Gasteiger partial charge in [0.05, 0.1) is 0 Å². The topological polar surface area (TPSA) is 82.3 Å². The van der Waals surface area contributed by atoms with Gasteiger partial charge in [0.1, 0.15) is 0 Å². The molecular formula is C35H56N4O2. The van der Waals surface area contributed by atoms with Crippen molar-refractivity contribution in [3.63, 3.8) is 0 Å². The zero-order valence-electron chi connectivity index (χ0n) is 25.9. The lowest BCUT2D eigenvalue weighted by Crippen LogP contribution is -2.29. The van der Waals surface area contributed by atoms with E-state index in [9.17, 15) is 9.59 Å². The first-order valence-electron chi connectivity index (χ1n) is 16.4. The Balaban J connectivity index is 1.56. The van der Waals surface area contributed by atoms with Crippen LogP contribution in [0.25, 0.3) is 0 Å². The molecule has 2 aromatic carbocycles. The molecule has 4 amide bonds. The largest absolute Gasteiger partial charge is 0.338 e. The highest BCUT2D eigenvalue weighted by molar-refractivity contribution is 5.89. The number of benzene rings is 2. The minimum absolute atomic E-state index is 0.146. The first kappa shape index (κ1) is 34.2. The van der Waals surface area contributed by atoms with Crippen molar-refractivity contribution < 1.29 is 9.59 Å². The van der Waals surface area contributed by atoms with Gasteiger partial charge in [-0.05, 0) is 54.7 Å². The summed E-state index contributed by atoms with van der Waals surface area (Å²) >= 11 is 0. The number of anilines is 2. The predicted octanol–water partition coefficient (Wildman–Crippen LogP) is 9.80. The van der Waals surface area contributed by atoms with Gasteiger partial charge in [0.15, 0.2) is 0 Å². The highest BCUT2D eigenvalue weighted by Gasteiger charge is 2.04. The van der Waals surface area contributed by atoms with Crippen LogP contribution in [0.4, 0.5) is 21.0 Å². The molecule has 6 heteroatoms. The van der Waals surface area contributed by atoms with Crippen LogP contribution in [-0.2, 0) is 6.42 Å². The number of carbonyl (C=O) groups excluding carboxylic acids is 2. The summed E-state index contributed by atoms with van der Waals surface area (Å²) in [4.78, 5) is 24.4. The van der Waals surface area contributed by atoms with Crippen LogP contribution in [0.2, 0.25) is 0 Å². The van der Waals surface area contributed by atoms with E-state index in [1.807, 2.05) is 48.5 Å². The third kappa shape index (κ3) is 17.4. The van der Waals surface area contributed by atoms with Gasteiger partial charge in [-0.1, -0.05) is 128 Å². The average Bonchev–Trinajstić information content (AvgIpc) is 2.97. The van der Waals surface area contributed by atoms with E-state index in [1.165, 1.54) is 95.5 Å². The van der Waals surface area contributed by atoms with Crippen molar-refractivity contribution in [3.8, 4) is 0 Å². The number of carbonyl (C=O) groups is 2. The summed E-state index contributed by atoms with van der Waals surface area (Å²) < 4.78 is 0. The zero-order chi connectivity index (χ0) is 29.4. The fraction of sp³-hybridized carbons (Fsp3) is 0.600. The number of hydrogen-bond donors (Lipinski definition) is 4. The average molecular weight is 565 g/mol. The van der Waals surface area contributed by atoms with Crippen LogP contribution in [0, 0.1) is 0 Å². The van der Waals surface area contributed by atoms with Gasteiger partial charge >= 0.3 is 12.1 Å². The van der Waals surface area contributed by atoms with E-state index in [0.717, 1.165) is 36.2 Å². The molecule has 0 saturated carbocycles. The van der Waals surface area contributed by atoms with E-state index in [1.54, 1.807) is 0 Å². The molecule has 4 N–H and O–H groups in total. The van der Waals surface area contributed by atoms with Crippen LogP contribution in [-0.4, -0.2) is 25.2 Å². The zero-order valence-corrected chi connectivity index (χ0v) is 25.9. The van der Waals surface area contributed by atoms with E-state index >= 15 is 0 Å². The molecule has 0 bridgehead atoms. The Labute approximate surface area is 249 Å². The first-order valence-corrected chi connectivity index (χ1v) is 16.4. The van der Waals surface area contributed by atoms with E-state index in [-0.39, 0.29) is 12.1 Å². The number of rotatable bonds is 22.